The van der Waals surface area contributed by atoms with Crippen LogP contribution in [0.25, 0.3) is 0 Å². The lowest BCUT2D eigenvalue weighted by Gasteiger charge is -2.31. The van der Waals surface area contributed by atoms with Crippen molar-refractivity contribution < 1.29 is 9.72 Å². The second-order valence-electron chi connectivity index (χ2n) is 6.78. The largest absolute Gasteiger partial charge is 0.366 e. The molecule has 24 heavy (non-hydrogen) atoms. The predicted octanol–water partition coefficient (Wildman–Crippen LogP) is 0.753. The first-order valence-electron chi connectivity index (χ1n) is 8.51. The van der Waals surface area contributed by atoms with Gasteiger partial charge in [0.2, 0.25) is 11.9 Å². The summed E-state index contributed by atoms with van der Waals surface area (Å²) in [5, 5.41) is 11.6. The molecule has 0 aromatic heterocycles. The normalized spacial score (nSPS) is 25.2. The maximum Gasteiger partial charge on any atom is 0.248 e. The minimum absolute atomic E-state index is 0.186. The lowest BCUT2D eigenvalue weighted by atomic mass is 10.0. The number of benzene rings is 1. The average Bonchev–Trinajstić information content (AvgIpc) is 2.88. The topological polar surface area (TPSA) is 92.7 Å². The highest BCUT2D eigenvalue weighted by molar-refractivity contribution is 5.92. The van der Waals surface area contributed by atoms with E-state index in [9.17, 15) is 14.9 Å². The second kappa shape index (κ2) is 7.27. The van der Waals surface area contributed by atoms with Gasteiger partial charge in [0, 0.05) is 36.0 Å². The van der Waals surface area contributed by atoms with Gasteiger partial charge in [0.1, 0.15) is 0 Å². The molecule has 3 saturated heterocycles. The second-order valence-corrected chi connectivity index (χ2v) is 6.78. The Morgan fingerprint density at radius 2 is 2.04 bits per heavy atom. The SMILES string of the molecule is NC(=O)c1cccc(CC(CN2CCN3CCC2CC3)[N+](=O)[O-])c1. The smallest absolute Gasteiger partial charge is 0.248 e. The lowest BCUT2D eigenvalue weighted by Crippen LogP contribution is -2.44. The van der Waals surface area contributed by atoms with Crippen LogP contribution in [-0.4, -0.2) is 65.4 Å². The Kier molecular flexibility index (Phi) is 5.11. The van der Waals surface area contributed by atoms with Crippen LogP contribution in [-0.2, 0) is 6.42 Å². The number of nitrogens with two attached hydrogens (primary N) is 1. The Morgan fingerprint density at radius 1 is 1.29 bits per heavy atom. The Balaban J connectivity index is 1.69. The van der Waals surface area contributed by atoms with Gasteiger partial charge in [0.15, 0.2) is 0 Å². The summed E-state index contributed by atoms with van der Waals surface area (Å²) >= 11 is 0. The molecule has 3 aliphatic rings. The van der Waals surface area contributed by atoms with Crippen LogP contribution in [0.5, 0.6) is 0 Å². The quantitative estimate of drug-likeness (QED) is 0.613. The summed E-state index contributed by atoms with van der Waals surface area (Å²) in [6.07, 6.45) is 2.52. The summed E-state index contributed by atoms with van der Waals surface area (Å²) in [4.78, 5) is 27.4. The van der Waals surface area contributed by atoms with Crippen LogP contribution in [0.15, 0.2) is 24.3 Å². The number of nitro groups is 1. The summed E-state index contributed by atoms with van der Waals surface area (Å²) in [5.74, 6) is -0.506. The van der Waals surface area contributed by atoms with Crippen LogP contribution in [0, 0.1) is 10.1 Å². The molecule has 130 valence electrons. The minimum Gasteiger partial charge on any atom is -0.366 e. The van der Waals surface area contributed by atoms with E-state index in [2.05, 4.69) is 9.80 Å². The molecule has 3 heterocycles. The maximum atomic E-state index is 11.6. The van der Waals surface area contributed by atoms with E-state index in [0.29, 0.717) is 24.6 Å². The molecule has 3 aliphatic heterocycles. The summed E-state index contributed by atoms with van der Waals surface area (Å²) in [6.45, 7) is 4.57. The highest BCUT2D eigenvalue weighted by atomic mass is 16.6. The van der Waals surface area contributed by atoms with E-state index in [0.717, 1.165) is 44.6 Å². The fourth-order valence-electron chi connectivity index (χ4n) is 3.80. The van der Waals surface area contributed by atoms with Crippen LogP contribution in [0.4, 0.5) is 0 Å². The van der Waals surface area contributed by atoms with E-state index in [1.54, 1.807) is 18.2 Å². The third kappa shape index (κ3) is 3.91. The Bertz CT molecular complexity index is 614. The van der Waals surface area contributed by atoms with Gasteiger partial charge in [-0.15, -0.1) is 0 Å². The van der Waals surface area contributed by atoms with Gasteiger partial charge in [0.05, 0.1) is 6.54 Å². The van der Waals surface area contributed by atoms with E-state index in [-0.39, 0.29) is 4.92 Å². The van der Waals surface area contributed by atoms with Crippen molar-refractivity contribution in [2.24, 2.45) is 5.73 Å². The fraction of sp³-hybridized carbons (Fsp3) is 0.588. The van der Waals surface area contributed by atoms with Crippen LogP contribution in [0.2, 0.25) is 0 Å². The van der Waals surface area contributed by atoms with Crippen molar-refractivity contribution in [3.05, 3.63) is 45.5 Å². The fourth-order valence-corrected chi connectivity index (χ4v) is 3.80. The van der Waals surface area contributed by atoms with Crippen molar-refractivity contribution in [3.63, 3.8) is 0 Å². The minimum atomic E-state index is -0.666. The van der Waals surface area contributed by atoms with Crippen molar-refractivity contribution in [3.8, 4) is 0 Å². The number of rotatable bonds is 6. The highest BCUT2D eigenvalue weighted by Gasteiger charge is 2.33. The summed E-state index contributed by atoms with van der Waals surface area (Å²) < 4.78 is 0. The molecule has 3 fully saturated rings. The number of piperidine rings is 1. The number of primary amides is 1. The molecule has 0 aliphatic carbocycles. The van der Waals surface area contributed by atoms with E-state index in [4.69, 9.17) is 5.73 Å². The number of carbonyl (C=O) groups excluding carboxylic acids is 1. The van der Waals surface area contributed by atoms with Crippen molar-refractivity contribution in [1.29, 1.82) is 0 Å². The van der Waals surface area contributed by atoms with Gasteiger partial charge < -0.3 is 10.6 Å². The molecule has 0 saturated carbocycles. The van der Waals surface area contributed by atoms with Gasteiger partial charge in [-0.05, 0) is 43.6 Å². The number of amides is 1. The van der Waals surface area contributed by atoms with Crippen molar-refractivity contribution >= 4 is 5.91 Å². The molecule has 0 spiro atoms. The highest BCUT2D eigenvalue weighted by Crippen LogP contribution is 2.22. The molecule has 7 nitrogen and oxygen atoms in total. The summed E-state index contributed by atoms with van der Waals surface area (Å²) in [6, 6.07) is 6.65. The van der Waals surface area contributed by atoms with Crippen LogP contribution in [0.1, 0.15) is 28.8 Å². The third-order valence-electron chi connectivity index (χ3n) is 5.20. The summed E-state index contributed by atoms with van der Waals surface area (Å²) in [5.41, 5.74) is 6.48. The van der Waals surface area contributed by atoms with Crippen LogP contribution < -0.4 is 5.73 Å². The molecule has 1 aromatic carbocycles. The Labute approximate surface area is 141 Å². The molecule has 7 heteroatoms. The molecule has 4 rings (SSSR count). The molecule has 1 atom stereocenters. The number of carbonyl (C=O) groups is 1. The molecular formula is C17H24N4O3. The van der Waals surface area contributed by atoms with E-state index in [1.807, 2.05) is 6.07 Å². The van der Waals surface area contributed by atoms with E-state index in [1.165, 1.54) is 0 Å². The van der Waals surface area contributed by atoms with E-state index < -0.39 is 11.9 Å². The molecule has 1 unspecified atom stereocenters. The molecule has 2 N–H and O–H groups in total. The average molecular weight is 332 g/mol. The first-order chi connectivity index (χ1) is 11.5. The molecule has 1 aromatic rings. The third-order valence-corrected chi connectivity index (χ3v) is 5.20. The van der Waals surface area contributed by atoms with E-state index >= 15 is 0 Å². The van der Waals surface area contributed by atoms with Gasteiger partial charge in [-0.25, -0.2) is 0 Å². The molecular weight excluding hydrogens is 308 g/mol. The Morgan fingerprint density at radius 3 is 2.71 bits per heavy atom. The Hall–Kier alpha value is -1.99. The zero-order valence-corrected chi connectivity index (χ0v) is 13.8. The molecule has 1 amide bonds. The van der Waals surface area contributed by atoms with Crippen LogP contribution >= 0.6 is 0 Å². The first-order valence-corrected chi connectivity index (χ1v) is 8.51. The molecule has 0 radical (unpaired) electrons. The number of fused-ring (bicyclic) bond motifs is 4. The van der Waals surface area contributed by atoms with Crippen molar-refractivity contribution in [2.75, 3.05) is 32.7 Å². The zero-order chi connectivity index (χ0) is 17.1. The van der Waals surface area contributed by atoms with Gasteiger partial charge in [-0.3, -0.25) is 19.8 Å². The predicted molar refractivity (Wildman–Crippen MR) is 90.5 cm³/mol. The zero-order valence-electron chi connectivity index (χ0n) is 13.8. The summed E-state index contributed by atoms with van der Waals surface area (Å²) in [7, 11) is 0. The molecule has 2 bridgehead atoms. The number of hydrogen-bond acceptors (Lipinski definition) is 5. The standard InChI is InChI=1S/C17H24N4O3/c18-17(22)14-3-1-2-13(10-14)11-16(21(23)24)12-20-9-8-19-6-4-15(20)5-7-19/h1-3,10,15-16H,4-9,11-12H2,(H2,18,22). The van der Waals surface area contributed by atoms with Gasteiger partial charge >= 0.3 is 0 Å². The van der Waals surface area contributed by atoms with Gasteiger partial charge in [-0.2, -0.15) is 0 Å². The van der Waals surface area contributed by atoms with Gasteiger partial charge in [-0.1, -0.05) is 12.1 Å². The van der Waals surface area contributed by atoms with Crippen LogP contribution in [0.3, 0.4) is 0 Å². The lowest BCUT2D eigenvalue weighted by molar-refractivity contribution is -0.522. The van der Waals surface area contributed by atoms with Gasteiger partial charge in [0.25, 0.3) is 0 Å². The first kappa shape index (κ1) is 16.9. The number of nitrogens with zero attached hydrogens (tertiary/aromatic N) is 3. The van der Waals surface area contributed by atoms with Crippen molar-refractivity contribution in [2.45, 2.75) is 31.3 Å². The monoisotopic (exact) mass is 332 g/mol. The number of hydrogen-bond donors (Lipinski definition) is 1. The van der Waals surface area contributed by atoms with Crippen molar-refractivity contribution in [1.82, 2.24) is 9.80 Å². The maximum absolute atomic E-state index is 11.6.